The van der Waals surface area contributed by atoms with Crippen LogP contribution in [0, 0.1) is 6.92 Å². The van der Waals surface area contributed by atoms with E-state index in [1.807, 2.05) is 26.0 Å². The highest BCUT2D eigenvalue weighted by molar-refractivity contribution is 6.37. The van der Waals surface area contributed by atoms with E-state index in [1.54, 1.807) is 19.3 Å². The molecule has 0 heterocycles. The average Bonchev–Trinajstić information content (AvgIpc) is 2.34. The van der Waals surface area contributed by atoms with Gasteiger partial charge in [0.25, 0.3) is 0 Å². The molecule has 0 amide bonds. The second-order valence-electron chi connectivity index (χ2n) is 3.88. The first-order valence-electron chi connectivity index (χ1n) is 5.49. The molecule has 4 heteroatoms. The van der Waals surface area contributed by atoms with Crippen LogP contribution in [0.25, 0.3) is 6.08 Å². The fraction of sp³-hybridized carbons (Fsp3) is 0.286. The number of allylic oxidation sites excluding steroid dienone is 2. The maximum Gasteiger partial charge on any atom is 0.124 e. The Morgan fingerprint density at radius 2 is 2.11 bits per heavy atom. The number of hydrogen-bond acceptors (Lipinski definition) is 2. The van der Waals surface area contributed by atoms with E-state index in [4.69, 9.17) is 33.0 Å². The van der Waals surface area contributed by atoms with Crippen LogP contribution in [0.15, 0.2) is 23.8 Å². The summed E-state index contributed by atoms with van der Waals surface area (Å²) in [4.78, 5) is 0. The lowest BCUT2D eigenvalue weighted by Gasteiger charge is -2.10. The molecule has 1 aromatic carbocycles. The summed E-state index contributed by atoms with van der Waals surface area (Å²) in [5.41, 5.74) is 2.55. The first-order chi connectivity index (χ1) is 8.51. The van der Waals surface area contributed by atoms with Crippen LogP contribution in [-0.2, 0) is 0 Å². The molecule has 0 aliphatic rings. The second kappa shape index (κ2) is 6.83. The quantitative estimate of drug-likeness (QED) is 0.838. The molecule has 0 aliphatic carbocycles. The van der Waals surface area contributed by atoms with Gasteiger partial charge in [-0.05, 0) is 19.9 Å². The van der Waals surface area contributed by atoms with Crippen molar-refractivity contribution in [3.8, 4) is 5.75 Å². The number of ether oxygens (including phenoxy) is 1. The monoisotopic (exact) mass is 286 g/mol. The maximum absolute atomic E-state index is 8.78. The van der Waals surface area contributed by atoms with Crippen molar-refractivity contribution in [3.05, 3.63) is 45.0 Å². The minimum absolute atomic E-state index is 0.0132. The summed E-state index contributed by atoms with van der Waals surface area (Å²) < 4.78 is 5.19. The van der Waals surface area contributed by atoms with Crippen LogP contribution in [-0.4, -0.2) is 18.8 Å². The van der Waals surface area contributed by atoms with Crippen molar-refractivity contribution in [2.24, 2.45) is 0 Å². The van der Waals surface area contributed by atoms with Crippen molar-refractivity contribution in [2.75, 3.05) is 13.7 Å². The molecular weight excluding hydrogens is 271 g/mol. The Bertz CT molecular complexity index is 491. The molecule has 2 nitrogen and oxygen atoms in total. The fourth-order valence-electron chi connectivity index (χ4n) is 1.51. The van der Waals surface area contributed by atoms with Gasteiger partial charge in [0.15, 0.2) is 0 Å². The van der Waals surface area contributed by atoms with E-state index in [-0.39, 0.29) is 6.61 Å². The van der Waals surface area contributed by atoms with Crippen molar-refractivity contribution in [1.82, 2.24) is 0 Å². The summed E-state index contributed by atoms with van der Waals surface area (Å²) in [5, 5.41) is 9.89. The molecule has 0 saturated carbocycles. The summed E-state index contributed by atoms with van der Waals surface area (Å²) in [6.45, 7) is 3.79. The molecule has 0 spiro atoms. The predicted molar refractivity (Wildman–Crippen MR) is 77.6 cm³/mol. The van der Waals surface area contributed by atoms with Gasteiger partial charge in [0, 0.05) is 11.1 Å². The third kappa shape index (κ3) is 3.52. The van der Waals surface area contributed by atoms with E-state index >= 15 is 0 Å². The van der Waals surface area contributed by atoms with E-state index in [1.165, 1.54) is 0 Å². The summed E-state index contributed by atoms with van der Waals surface area (Å²) in [7, 11) is 1.58. The zero-order chi connectivity index (χ0) is 13.7. The van der Waals surface area contributed by atoms with Crippen LogP contribution >= 0.6 is 23.2 Å². The molecule has 1 aromatic rings. The smallest absolute Gasteiger partial charge is 0.124 e. The minimum Gasteiger partial charge on any atom is -0.496 e. The van der Waals surface area contributed by atoms with Crippen molar-refractivity contribution in [3.63, 3.8) is 0 Å². The van der Waals surface area contributed by atoms with Gasteiger partial charge < -0.3 is 9.84 Å². The van der Waals surface area contributed by atoms with Gasteiger partial charge in [0.2, 0.25) is 0 Å². The molecule has 0 bridgehead atoms. The topological polar surface area (TPSA) is 29.5 Å². The predicted octanol–water partition coefficient (Wildman–Crippen LogP) is 4.26. The van der Waals surface area contributed by atoms with Crippen LogP contribution in [0.5, 0.6) is 5.75 Å². The number of aliphatic hydroxyl groups is 1. The van der Waals surface area contributed by atoms with E-state index in [9.17, 15) is 0 Å². The minimum atomic E-state index is 0.0132. The fourth-order valence-corrected chi connectivity index (χ4v) is 2.07. The third-order valence-electron chi connectivity index (χ3n) is 2.60. The lowest BCUT2D eigenvalue weighted by Crippen LogP contribution is -1.91. The molecule has 1 rings (SSSR count). The zero-order valence-electron chi connectivity index (χ0n) is 10.6. The number of rotatable bonds is 4. The Hall–Kier alpha value is -0.960. The van der Waals surface area contributed by atoms with E-state index in [0.29, 0.717) is 15.8 Å². The Morgan fingerprint density at radius 3 is 2.67 bits per heavy atom. The largest absolute Gasteiger partial charge is 0.496 e. The lowest BCUT2D eigenvalue weighted by molar-refractivity contribution is 0.342. The highest BCUT2D eigenvalue weighted by Gasteiger charge is 2.11. The second-order valence-corrected chi connectivity index (χ2v) is 4.66. The Kier molecular flexibility index (Phi) is 5.73. The van der Waals surface area contributed by atoms with Crippen LogP contribution in [0.3, 0.4) is 0 Å². The molecule has 18 heavy (non-hydrogen) atoms. The number of methoxy groups -OCH3 is 1. The molecular formula is C14H16Cl2O2. The van der Waals surface area contributed by atoms with Crippen molar-refractivity contribution < 1.29 is 9.84 Å². The van der Waals surface area contributed by atoms with E-state index in [2.05, 4.69) is 0 Å². The van der Waals surface area contributed by atoms with Gasteiger partial charge in [-0.3, -0.25) is 0 Å². The van der Waals surface area contributed by atoms with Gasteiger partial charge in [-0.1, -0.05) is 47.0 Å². The number of aliphatic hydroxyl groups excluding tert-OH is 1. The van der Waals surface area contributed by atoms with Gasteiger partial charge in [0.1, 0.15) is 5.75 Å². The first kappa shape index (κ1) is 15.1. The zero-order valence-corrected chi connectivity index (χ0v) is 12.1. The van der Waals surface area contributed by atoms with Gasteiger partial charge in [-0.15, -0.1) is 0 Å². The van der Waals surface area contributed by atoms with Crippen molar-refractivity contribution >= 4 is 29.3 Å². The molecule has 1 N–H and O–H groups in total. The number of halogens is 2. The van der Waals surface area contributed by atoms with Crippen LogP contribution < -0.4 is 4.74 Å². The number of benzene rings is 1. The van der Waals surface area contributed by atoms with E-state index < -0.39 is 0 Å². The highest BCUT2D eigenvalue weighted by Crippen LogP contribution is 2.35. The summed E-state index contributed by atoms with van der Waals surface area (Å²) in [6.07, 6.45) is 5.39. The molecule has 0 saturated heterocycles. The summed E-state index contributed by atoms with van der Waals surface area (Å²) in [5.74, 6) is 0.671. The normalized spacial score (nSPS) is 12.2. The molecule has 98 valence electrons. The maximum atomic E-state index is 8.78. The van der Waals surface area contributed by atoms with Crippen molar-refractivity contribution in [1.29, 1.82) is 0 Å². The number of hydrogen-bond donors (Lipinski definition) is 1. The standard InChI is InChI=1S/C14H16Cl2O2/c1-9(6-7-17)4-5-11-12(15)8-13(18-3)10(2)14(11)16/h4-6,8,17H,7H2,1-3H3. The van der Waals surface area contributed by atoms with Crippen LogP contribution in [0.2, 0.25) is 10.0 Å². The Balaban J connectivity index is 3.18. The Morgan fingerprint density at radius 1 is 1.44 bits per heavy atom. The molecule has 0 aromatic heterocycles. The molecule has 0 radical (unpaired) electrons. The molecule has 0 fully saturated rings. The average molecular weight is 287 g/mol. The third-order valence-corrected chi connectivity index (χ3v) is 3.40. The highest BCUT2D eigenvalue weighted by atomic mass is 35.5. The van der Waals surface area contributed by atoms with Gasteiger partial charge in [0.05, 0.1) is 23.8 Å². The van der Waals surface area contributed by atoms with Crippen LogP contribution in [0.1, 0.15) is 18.1 Å². The lowest BCUT2D eigenvalue weighted by atomic mass is 10.1. The molecule has 0 atom stereocenters. The summed E-state index contributed by atoms with van der Waals surface area (Å²) >= 11 is 12.4. The van der Waals surface area contributed by atoms with Crippen molar-refractivity contribution in [2.45, 2.75) is 13.8 Å². The van der Waals surface area contributed by atoms with Gasteiger partial charge in [-0.2, -0.15) is 0 Å². The van der Waals surface area contributed by atoms with Crippen LogP contribution in [0.4, 0.5) is 0 Å². The Labute approximate surface area is 117 Å². The SMILES string of the molecule is COc1cc(Cl)c(C=CC(C)=CCO)c(Cl)c1C. The van der Waals surface area contributed by atoms with Gasteiger partial charge in [-0.25, -0.2) is 0 Å². The van der Waals surface area contributed by atoms with E-state index in [0.717, 1.165) is 16.7 Å². The summed E-state index contributed by atoms with van der Waals surface area (Å²) in [6, 6.07) is 1.74. The molecule has 0 unspecified atom stereocenters. The van der Waals surface area contributed by atoms with Gasteiger partial charge >= 0.3 is 0 Å². The first-order valence-corrected chi connectivity index (χ1v) is 6.25. The molecule has 0 aliphatic heterocycles.